The van der Waals surface area contributed by atoms with Crippen molar-refractivity contribution in [2.75, 3.05) is 11.9 Å². The average molecular weight is 382 g/mol. The molecular formula is C19H19FN6S. The number of hydrogen-bond acceptors (Lipinski definition) is 7. The van der Waals surface area contributed by atoms with E-state index in [1.807, 2.05) is 12.1 Å². The van der Waals surface area contributed by atoms with Crippen LogP contribution in [0.1, 0.15) is 35.5 Å². The number of rotatable bonds is 5. The minimum Gasteiger partial charge on any atom is -0.368 e. The zero-order valence-corrected chi connectivity index (χ0v) is 15.5. The molecule has 3 aromatic rings. The van der Waals surface area contributed by atoms with Crippen LogP contribution in [-0.2, 0) is 18.5 Å². The molecule has 4 heterocycles. The molecule has 2 aliphatic rings. The van der Waals surface area contributed by atoms with Crippen LogP contribution in [0, 0.1) is 5.82 Å². The first-order valence-electron chi connectivity index (χ1n) is 9.12. The van der Waals surface area contributed by atoms with E-state index < -0.39 is 0 Å². The van der Waals surface area contributed by atoms with Crippen LogP contribution in [0.15, 0.2) is 30.5 Å². The Hall–Kier alpha value is -2.45. The fraction of sp³-hybridized carbons (Fsp3) is 0.368. The fourth-order valence-corrected chi connectivity index (χ4v) is 4.75. The molecular weight excluding hydrogens is 363 g/mol. The van der Waals surface area contributed by atoms with E-state index in [0.29, 0.717) is 18.1 Å². The van der Waals surface area contributed by atoms with Gasteiger partial charge in [0.05, 0.1) is 11.4 Å². The summed E-state index contributed by atoms with van der Waals surface area (Å²) in [6.07, 6.45) is 4.61. The van der Waals surface area contributed by atoms with Crippen molar-refractivity contribution in [2.24, 2.45) is 0 Å². The monoisotopic (exact) mass is 382 g/mol. The SMILES string of the molecule is Fc1cccnc1C1(CNc2ccc(-c3nc4c(s3)CNC4)nn2)CCC1. The molecule has 1 saturated carbocycles. The number of aromatic nitrogens is 4. The Labute approximate surface area is 160 Å². The van der Waals surface area contributed by atoms with E-state index in [0.717, 1.165) is 48.7 Å². The van der Waals surface area contributed by atoms with E-state index in [-0.39, 0.29) is 11.2 Å². The van der Waals surface area contributed by atoms with Gasteiger partial charge in [-0.2, -0.15) is 0 Å². The van der Waals surface area contributed by atoms with Crippen molar-refractivity contribution in [3.63, 3.8) is 0 Å². The molecule has 2 N–H and O–H groups in total. The Kier molecular flexibility index (Phi) is 4.09. The first kappa shape index (κ1) is 16.7. The van der Waals surface area contributed by atoms with Gasteiger partial charge < -0.3 is 10.6 Å². The van der Waals surface area contributed by atoms with Gasteiger partial charge in [-0.3, -0.25) is 4.98 Å². The summed E-state index contributed by atoms with van der Waals surface area (Å²) in [7, 11) is 0. The maximum atomic E-state index is 14.2. The normalized spacial score (nSPS) is 17.4. The van der Waals surface area contributed by atoms with Crippen molar-refractivity contribution in [2.45, 2.75) is 37.8 Å². The molecule has 1 aliphatic heterocycles. The van der Waals surface area contributed by atoms with Gasteiger partial charge in [-0.15, -0.1) is 21.5 Å². The van der Waals surface area contributed by atoms with Crippen LogP contribution in [0.5, 0.6) is 0 Å². The summed E-state index contributed by atoms with van der Waals surface area (Å²) in [6.45, 7) is 2.31. The number of nitrogens with one attached hydrogen (secondary N) is 2. The highest BCUT2D eigenvalue weighted by molar-refractivity contribution is 7.15. The molecule has 0 radical (unpaired) electrons. The lowest BCUT2D eigenvalue weighted by molar-refractivity contribution is 0.243. The van der Waals surface area contributed by atoms with Crippen molar-refractivity contribution < 1.29 is 4.39 Å². The van der Waals surface area contributed by atoms with Crippen molar-refractivity contribution >= 4 is 17.2 Å². The molecule has 8 heteroatoms. The lowest BCUT2D eigenvalue weighted by atomic mass is 9.66. The van der Waals surface area contributed by atoms with Crippen LogP contribution in [-0.4, -0.2) is 26.7 Å². The van der Waals surface area contributed by atoms with E-state index in [4.69, 9.17) is 0 Å². The van der Waals surface area contributed by atoms with Gasteiger partial charge in [-0.1, -0.05) is 6.42 Å². The summed E-state index contributed by atoms with van der Waals surface area (Å²) in [6, 6.07) is 6.96. The van der Waals surface area contributed by atoms with Gasteiger partial charge in [-0.05, 0) is 37.1 Å². The van der Waals surface area contributed by atoms with E-state index in [1.165, 1.54) is 10.9 Å². The molecule has 3 aromatic heterocycles. The van der Waals surface area contributed by atoms with Crippen LogP contribution in [0.3, 0.4) is 0 Å². The minimum atomic E-state index is -0.255. The molecule has 0 saturated heterocycles. The smallest absolute Gasteiger partial charge is 0.148 e. The Balaban J connectivity index is 1.30. The summed E-state index contributed by atoms with van der Waals surface area (Å²) >= 11 is 1.66. The van der Waals surface area contributed by atoms with Crippen LogP contribution in [0.25, 0.3) is 10.7 Å². The summed E-state index contributed by atoms with van der Waals surface area (Å²) in [5, 5.41) is 16.1. The molecule has 0 aromatic carbocycles. The number of fused-ring (bicyclic) bond motifs is 1. The van der Waals surface area contributed by atoms with Crippen molar-refractivity contribution in [1.82, 2.24) is 25.5 Å². The van der Waals surface area contributed by atoms with Gasteiger partial charge >= 0.3 is 0 Å². The lowest BCUT2D eigenvalue weighted by Gasteiger charge is -2.41. The molecule has 0 amide bonds. The predicted octanol–water partition coefficient (Wildman–Crippen LogP) is 3.27. The first-order chi connectivity index (χ1) is 13.2. The average Bonchev–Trinajstić information content (AvgIpc) is 3.25. The fourth-order valence-electron chi connectivity index (χ4n) is 3.74. The largest absolute Gasteiger partial charge is 0.368 e. The molecule has 138 valence electrons. The first-order valence-corrected chi connectivity index (χ1v) is 9.93. The van der Waals surface area contributed by atoms with Gasteiger partial charge in [0.25, 0.3) is 0 Å². The van der Waals surface area contributed by atoms with E-state index in [9.17, 15) is 4.39 Å². The second kappa shape index (κ2) is 6.61. The second-order valence-corrected chi connectivity index (χ2v) is 8.20. The summed E-state index contributed by atoms with van der Waals surface area (Å²) in [5.74, 6) is 0.457. The van der Waals surface area contributed by atoms with Crippen LogP contribution >= 0.6 is 11.3 Å². The van der Waals surface area contributed by atoms with Gasteiger partial charge in [0.15, 0.2) is 0 Å². The quantitative estimate of drug-likeness (QED) is 0.705. The van der Waals surface area contributed by atoms with Gasteiger partial charge in [-0.25, -0.2) is 9.37 Å². The van der Waals surface area contributed by atoms with Gasteiger partial charge in [0, 0.05) is 36.1 Å². The van der Waals surface area contributed by atoms with Crippen LogP contribution in [0.4, 0.5) is 10.2 Å². The molecule has 1 fully saturated rings. The van der Waals surface area contributed by atoms with Gasteiger partial charge in [0.1, 0.15) is 22.3 Å². The summed E-state index contributed by atoms with van der Waals surface area (Å²) in [4.78, 5) is 10.2. The number of anilines is 1. The third kappa shape index (κ3) is 2.98. The van der Waals surface area contributed by atoms with Crippen molar-refractivity contribution in [1.29, 1.82) is 0 Å². The van der Waals surface area contributed by atoms with Crippen LogP contribution in [0.2, 0.25) is 0 Å². The lowest BCUT2D eigenvalue weighted by Crippen LogP contribution is -2.42. The molecule has 0 atom stereocenters. The third-order valence-electron chi connectivity index (χ3n) is 5.42. The van der Waals surface area contributed by atoms with E-state index in [1.54, 1.807) is 23.6 Å². The number of halogens is 1. The Bertz CT molecular complexity index is 945. The van der Waals surface area contributed by atoms with Crippen LogP contribution < -0.4 is 10.6 Å². The number of pyridine rings is 1. The zero-order valence-electron chi connectivity index (χ0n) is 14.7. The molecule has 1 aliphatic carbocycles. The zero-order chi connectivity index (χ0) is 18.3. The number of thiazole rings is 1. The molecule has 6 nitrogen and oxygen atoms in total. The molecule has 0 spiro atoms. The Morgan fingerprint density at radius 3 is 2.81 bits per heavy atom. The topological polar surface area (TPSA) is 75.6 Å². The standard InChI is InChI=1S/C19H19FN6S/c20-12-3-1-8-22-17(12)19(6-2-7-19)11-23-16-5-4-13(25-26-16)18-24-14-9-21-10-15(14)27-18/h1,3-5,8,21H,2,6-7,9-11H2,(H,23,26). The molecule has 27 heavy (non-hydrogen) atoms. The van der Waals surface area contributed by atoms with Gasteiger partial charge in [0.2, 0.25) is 0 Å². The van der Waals surface area contributed by atoms with Crippen molar-refractivity contribution in [3.05, 3.63) is 52.5 Å². The van der Waals surface area contributed by atoms with Crippen molar-refractivity contribution in [3.8, 4) is 10.7 Å². The molecule has 5 rings (SSSR count). The highest BCUT2D eigenvalue weighted by atomic mass is 32.1. The minimum absolute atomic E-state index is 0.230. The number of hydrogen-bond donors (Lipinski definition) is 2. The summed E-state index contributed by atoms with van der Waals surface area (Å²) < 4.78 is 14.2. The molecule has 0 bridgehead atoms. The maximum Gasteiger partial charge on any atom is 0.148 e. The predicted molar refractivity (Wildman–Crippen MR) is 102 cm³/mol. The van der Waals surface area contributed by atoms with E-state index in [2.05, 4.69) is 30.8 Å². The maximum absolute atomic E-state index is 14.2. The summed E-state index contributed by atoms with van der Waals surface area (Å²) in [5.41, 5.74) is 2.20. The third-order valence-corrected chi connectivity index (χ3v) is 6.54. The number of nitrogens with zero attached hydrogens (tertiary/aromatic N) is 4. The van der Waals surface area contributed by atoms with E-state index >= 15 is 0 Å². The highest BCUT2D eigenvalue weighted by Crippen LogP contribution is 2.43. The molecule has 0 unspecified atom stereocenters. The highest BCUT2D eigenvalue weighted by Gasteiger charge is 2.41. The Morgan fingerprint density at radius 2 is 2.11 bits per heavy atom. The second-order valence-electron chi connectivity index (χ2n) is 7.12. The Morgan fingerprint density at radius 1 is 1.19 bits per heavy atom.